The summed E-state index contributed by atoms with van der Waals surface area (Å²) in [5.74, 6) is -1.42. The Labute approximate surface area is 125 Å². The smallest absolute Gasteiger partial charge is 0.313 e. The highest BCUT2D eigenvalue weighted by Crippen LogP contribution is 2.34. The molecule has 0 spiro atoms. The van der Waals surface area contributed by atoms with E-state index in [9.17, 15) is 9.59 Å². The molecule has 1 fully saturated rings. The standard InChI is InChI=1S/C17H22O4/c1-3-13-15(17(19)20-4-2)14(21-16(13)18)11-10-12-8-6-5-7-9-12/h5-9,13-15H,3-4,10-11H2,1-2H3/t13-,14-,15-/m1/s1. The average molecular weight is 290 g/mol. The van der Waals surface area contributed by atoms with Crippen molar-refractivity contribution < 1.29 is 19.1 Å². The van der Waals surface area contributed by atoms with Crippen LogP contribution in [0.3, 0.4) is 0 Å². The predicted octanol–water partition coefficient (Wildman–Crippen LogP) is 2.75. The number of hydrogen-bond acceptors (Lipinski definition) is 4. The summed E-state index contributed by atoms with van der Waals surface area (Å²) in [5.41, 5.74) is 1.18. The SMILES string of the molecule is CCOC(=O)[C@H]1[C@@H](CCc2ccccc2)OC(=O)[C@@H]1CC. The molecule has 0 radical (unpaired) electrons. The predicted molar refractivity (Wildman–Crippen MR) is 78.5 cm³/mol. The molecule has 2 rings (SSSR count). The third-order valence-corrected chi connectivity index (χ3v) is 3.96. The average Bonchev–Trinajstić information content (AvgIpc) is 2.82. The molecule has 4 heteroatoms. The molecule has 1 aromatic carbocycles. The van der Waals surface area contributed by atoms with E-state index in [4.69, 9.17) is 9.47 Å². The zero-order chi connectivity index (χ0) is 15.2. The fourth-order valence-corrected chi connectivity index (χ4v) is 2.88. The second kappa shape index (κ2) is 7.25. The molecule has 1 aliphatic rings. The number of carbonyl (C=O) groups excluding carboxylic acids is 2. The van der Waals surface area contributed by atoms with Gasteiger partial charge in [0.25, 0.3) is 0 Å². The topological polar surface area (TPSA) is 52.6 Å². The van der Waals surface area contributed by atoms with Crippen molar-refractivity contribution in [2.45, 2.75) is 39.2 Å². The first-order valence-electron chi connectivity index (χ1n) is 7.58. The molecule has 0 aliphatic carbocycles. The first-order valence-corrected chi connectivity index (χ1v) is 7.58. The molecule has 0 bridgehead atoms. The quantitative estimate of drug-likeness (QED) is 0.756. The molecule has 1 aromatic rings. The lowest BCUT2D eigenvalue weighted by atomic mass is 9.86. The summed E-state index contributed by atoms with van der Waals surface area (Å²) in [7, 11) is 0. The van der Waals surface area contributed by atoms with Gasteiger partial charge in [-0.3, -0.25) is 9.59 Å². The van der Waals surface area contributed by atoms with E-state index in [0.29, 0.717) is 19.4 Å². The maximum absolute atomic E-state index is 12.1. The second-order valence-electron chi connectivity index (χ2n) is 5.29. The Bertz CT molecular complexity index is 483. The monoisotopic (exact) mass is 290 g/mol. The van der Waals surface area contributed by atoms with Gasteiger partial charge in [0, 0.05) is 0 Å². The van der Waals surface area contributed by atoms with Gasteiger partial charge in [-0.05, 0) is 31.7 Å². The van der Waals surface area contributed by atoms with Crippen LogP contribution < -0.4 is 0 Å². The number of ether oxygens (including phenoxy) is 2. The lowest BCUT2D eigenvalue weighted by molar-refractivity contribution is -0.151. The number of esters is 2. The van der Waals surface area contributed by atoms with Crippen LogP contribution in [0.4, 0.5) is 0 Å². The van der Waals surface area contributed by atoms with Crippen LogP contribution in [0.25, 0.3) is 0 Å². The van der Waals surface area contributed by atoms with Gasteiger partial charge in [0.2, 0.25) is 0 Å². The van der Waals surface area contributed by atoms with E-state index < -0.39 is 5.92 Å². The van der Waals surface area contributed by atoms with Crippen LogP contribution in [-0.4, -0.2) is 24.6 Å². The third kappa shape index (κ3) is 3.63. The number of cyclic esters (lactones) is 1. The zero-order valence-electron chi connectivity index (χ0n) is 12.6. The Morgan fingerprint density at radius 3 is 2.57 bits per heavy atom. The van der Waals surface area contributed by atoms with Crippen molar-refractivity contribution in [1.82, 2.24) is 0 Å². The zero-order valence-corrected chi connectivity index (χ0v) is 12.6. The summed E-state index contributed by atoms with van der Waals surface area (Å²) in [5, 5.41) is 0. The minimum absolute atomic E-state index is 0.270. The molecule has 0 aromatic heterocycles. The van der Waals surface area contributed by atoms with Crippen molar-refractivity contribution in [2.75, 3.05) is 6.61 Å². The summed E-state index contributed by atoms with van der Waals surface area (Å²) >= 11 is 0. The van der Waals surface area contributed by atoms with Crippen molar-refractivity contribution >= 4 is 11.9 Å². The van der Waals surface area contributed by atoms with Crippen LogP contribution in [-0.2, 0) is 25.5 Å². The minimum atomic E-state index is -0.467. The summed E-state index contributed by atoms with van der Waals surface area (Å²) in [6, 6.07) is 10.00. The molecule has 0 amide bonds. The molecule has 0 N–H and O–H groups in total. The maximum Gasteiger partial charge on any atom is 0.313 e. The highest BCUT2D eigenvalue weighted by Gasteiger charge is 2.48. The van der Waals surface area contributed by atoms with E-state index in [1.807, 2.05) is 37.3 Å². The van der Waals surface area contributed by atoms with E-state index in [2.05, 4.69) is 0 Å². The molecule has 114 valence electrons. The molecule has 4 nitrogen and oxygen atoms in total. The Balaban J connectivity index is 2.05. The van der Waals surface area contributed by atoms with E-state index in [0.717, 1.165) is 6.42 Å². The van der Waals surface area contributed by atoms with E-state index >= 15 is 0 Å². The highest BCUT2D eigenvalue weighted by molar-refractivity contribution is 5.85. The highest BCUT2D eigenvalue weighted by atomic mass is 16.6. The summed E-state index contributed by atoms with van der Waals surface area (Å²) < 4.78 is 10.5. The third-order valence-electron chi connectivity index (χ3n) is 3.96. The number of benzene rings is 1. The normalized spacial score (nSPS) is 24.7. The number of rotatable bonds is 6. The Morgan fingerprint density at radius 1 is 1.24 bits per heavy atom. The minimum Gasteiger partial charge on any atom is -0.466 e. The maximum atomic E-state index is 12.1. The molecule has 0 saturated carbocycles. The van der Waals surface area contributed by atoms with Crippen LogP contribution in [0, 0.1) is 11.8 Å². The lowest BCUT2D eigenvalue weighted by Gasteiger charge is -2.18. The van der Waals surface area contributed by atoms with Crippen molar-refractivity contribution in [3.8, 4) is 0 Å². The Hall–Kier alpha value is -1.84. The first-order chi connectivity index (χ1) is 10.2. The molecule has 1 heterocycles. The van der Waals surface area contributed by atoms with Crippen LogP contribution in [0.1, 0.15) is 32.3 Å². The molecular weight excluding hydrogens is 268 g/mol. The van der Waals surface area contributed by atoms with Crippen molar-refractivity contribution in [1.29, 1.82) is 0 Å². The lowest BCUT2D eigenvalue weighted by Crippen LogP contribution is -2.31. The summed E-state index contributed by atoms with van der Waals surface area (Å²) in [6.45, 7) is 4.00. The van der Waals surface area contributed by atoms with Crippen LogP contribution in [0.5, 0.6) is 0 Å². The van der Waals surface area contributed by atoms with Gasteiger partial charge in [0.1, 0.15) is 12.0 Å². The van der Waals surface area contributed by atoms with E-state index in [1.165, 1.54) is 5.56 Å². The Morgan fingerprint density at radius 2 is 1.95 bits per heavy atom. The van der Waals surface area contributed by atoms with Gasteiger partial charge in [-0.25, -0.2) is 0 Å². The van der Waals surface area contributed by atoms with E-state index in [-0.39, 0.29) is 24.0 Å². The van der Waals surface area contributed by atoms with Crippen LogP contribution in [0.2, 0.25) is 0 Å². The number of carbonyl (C=O) groups is 2. The summed E-state index contributed by atoms with van der Waals surface area (Å²) in [6.07, 6.45) is 1.66. The van der Waals surface area contributed by atoms with Gasteiger partial charge in [0.15, 0.2) is 0 Å². The largest absolute Gasteiger partial charge is 0.466 e. The van der Waals surface area contributed by atoms with E-state index in [1.54, 1.807) is 6.92 Å². The molecular formula is C17H22O4. The Kier molecular flexibility index (Phi) is 5.37. The van der Waals surface area contributed by atoms with Gasteiger partial charge < -0.3 is 9.47 Å². The van der Waals surface area contributed by atoms with Gasteiger partial charge >= 0.3 is 11.9 Å². The molecule has 1 aliphatic heterocycles. The molecule has 0 unspecified atom stereocenters. The van der Waals surface area contributed by atoms with Gasteiger partial charge in [-0.15, -0.1) is 0 Å². The second-order valence-corrected chi connectivity index (χ2v) is 5.29. The fraction of sp³-hybridized carbons (Fsp3) is 0.529. The van der Waals surface area contributed by atoms with Crippen LogP contribution in [0.15, 0.2) is 30.3 Å². The number of hydrogen-bond donors (Lipinski definition) is 0. The van der Waals surface area contributed by atoms with Gasteiger partial charge in [0.05, 0.1) is 12.5 Å². The first kappa shape index (κ1) is 15.5. The van der Waals surface area contributed by atoms with Crippen molar-refractivity contribution in [3.63, 3.8) is 0 Å². The molecule has 3 atom stereocenters. The van der Waals surface area contributed by atoms with Gasteiger partial charge in [-0.1, -0.05) is 37.3 Å². The molecule has 21 heavy (non-hydrogen) atoms. The summed E-state index contributed by atoms with van der Waals surface area (Å²) in [4.78, 5) is 24.0. The molecule has 1 saturated heterocycles. The van der Waals surface area contributed by atoms with Crippen molar-refractivity contribution in [2.24, 2.45) is 11.8 Å². The van der Waals surface area contributed by atoms with Crippen molar-refractivity contribution in [3.05, 3.63) is 35.9 Å². The number of aryl methyl sites for hydroxylation is 1. The van der Waals surface area contributed by atoms with Crippen LogP contribution >= 0.6 is 0 Å². The van der Waals surface area contributed by atoms with Gasteiger partial charge in [-0.2, -0.15) is 0 Å². The fourth-order valence-electron chi connectivity index (χ4n) is 2.88.